The van der Waals surface area contributed by atoms with Crippen molar-refractivity contribution in [2.24, 2.45) is 17.1 Å². The summed E-state index contributed by atoms with van der Waals surface area (Å²) in [4.78, 5) is 2.42. The summed E-state index contributed by atoms with van der Waals surface area (Å²) in [7, 11) is 2.20. The van der Waals surface area contributed by atoms with Crippen molar-refractivity contribution in [1.29, 1.82) is 0 Å². The maximum absolute atomic E-state index is 5.82. The fourth-order valence-corrected chi connectivity index (χ4v) is 2.67. The van der Waals surface area contributed by atoms with Crippen LogP contribution in [0.3, 0.4) is 0 Å². The van der Waals surface area contributed by atoms with E-state index in [1.54, 1.807) is 0 Å². The molecule has 2 rings (SSSR count). The maximum Gasteiger partial charge on any atom is 0.0569 e. The zero-order valence-electron chi connectivity index (χ0n) is 10.3. The molecule has 2 fully saturated rings. The minimum Gasteiger partial charge on any atom is -0.381 e. The Balaban J connectivity index is 1.72. The van der Waals surface area contributed by atoms with E-state index in [-0.39, 0.29) is 5.41 Å². The third-order valence-electron chi connectivity index (χ3n) is 3.77. The average Bonchev–Trinajstić information content (AvgIpc) is 2.25. The summed E-state index contributed by atoms with van der Waals surface area (Å²) in [5, 5.41) is 0. The predicted octanol–water partition coefficient (Wildman–Crippen LogP) is 0.320. The van der Waals surface area contributed by atoms with Gasteiger partial charge in [0.15, 0.2) is 0 Å². The molecule has 2 N–H and O–H groups in total. The summed E-state index contributed by atoms with van der Waals surface area (Å²) < 4.78 is 10.7. The molecule has 0 saturated carbocycles. The molecule has 4 nitrogen and oxygen atoms in total. The van der Waals surface area contributed by atoms with Crippen molar-refractivity contribution in [3.05, 3.63) is 0 Å². The van der Waals surface area contributed by atoms with E-state index < -0.39 is 0 Å². The molecule has 0 aromatic heterocycles. The number of ether oxygens (including phenoxy) is 2. The Morgan fingerprint density at radius 2 is 1.94 bits per heavy atom. The highest BCUT2D eigenvalue weighted by molar-refractivity contribution is 4.89. The predicted molar refractivity (Wildman–Crippen MR) is 63.3 cm³/mol. The van der Waals surface area contributed by atoms with Gasteiger partial charge in [-0.15, -0.1) is 0 Å². The monoisotopic (exact) mass is 228 g/mol. The molecule has 0 bridgehead atoms. The molecule has 2 saturated heterocycles. The van der Waals surface area contributed by atoms with Gasteiger partial charge in [0.1, 0.15) is 0 Å². The molecule has 0 unspecified atom stereocenters. The van der Waals surface area contributed by atoms with Crippen LogP contribution >= 0.6 is 0 Å². The molecular weight excluding hydrogens is 204 g/mol. The molecule has 4 heteroatoms. The van der Waals surface area contributed by atoms with Crippen molar-refractivity contribution < 1.29 is 9.47 Å². The molecule has 2 aliphatic heterocycles. The molecule has 2 aliphatic rings. The molecule has 94 valence electrons. The van der Waals surface area contributed by atoms with E-state index in [2.05, 4.69) is 11.9 Å². The van der Waals surface area contributed by atoms with Gasteiger partial charge in [-0.05, 0) is 25.8 Å². The Labute approximate surface area is 98.1 Å². The molecule has 16 heavy (non-hydrogen) atoms. The maximum atomic E-state index is 5.82. The summed E-state index contributed by atoms with van der Waals surface area (Å²) in [6, 6.07) is 0. The first-order valence-electron chi connectivity index (χ1n) is 6.28. The van der Waals surface area contributed by atoms with Crippen LogP contribution in [0.1, 0.15) is 12.8 Å². The summed E-state index contributed by atoms with van der Waals surface area (Å²) in [5.74, 6) is 0.801. The lowest BCUT2D eigenvalue weighted by molar-refractivity contribution is -0.119. The van der Waals surface area contributed by atoms with E-state index in [1.165, 1.54) is 19.4 Å². The fraction of sp³-hybridized carbons (Fsp3) is 1.00. The fourth-order valence-electron chi connectivity index (χ4n) is 2.67. The Kier molecular flexibility index (Phi) is 4.19. The Morgan fingerprint density at radius 3 is 2.44 bits per heavy atom. The van der Waals surface area contributed by atoms with E-state index in [0.717, 1.165) is 45.4 Å². The van der Waals surface area contributed by atoms with Crippen molar-refractivity contribution in [1.82, 2.24) is 4.90 Å². The first kappa shape index (κ1) is 12.3. The standard InChI is InChI=1S/C12H24N2O2/c1-14(6-11-2-4-15-5-3-11)8-12(7-13)9-16-10-12/h11H,2-10,13H2,1H3. The summed E-state index contributed by atoms with van der Waals surface area (Å²) in [6.07, 6.45) is 2.41. The van der Waals surface area contributed by atoms with E-state index in [1.807, 2.05) is 0 Å². The van der Waals surface area contributed by atoms with Crippen LogP contribution in [-0.4, -0.2) is 58.0 Å². The third-order valence-corrected chi connectivity index (χ3v) is 3.77. The van der Waals surface area contributed by atoms with Gasteiger partial charge in [-0.1, -0.05) is 0 Å². The minimum atomic E-state index is 0.236. The van der Waals surface area contributed by atoms with Gasteiger partial charge in [-0.25, -0.2) is 0 Å². The first-order chi connectivity index (χ1) is 7.74. The van der Waals surface area contributed by atoms with Crippen LogP contribution in [0.15, 0.2) is 0 Å². The molecule has 0 atom stereocenters. The number of nitrogens with two attached hydrogens (primary N) is 1. The molecule has 0 spiro atoms. The van der Waals surface area contributed by atoms with Crippen LogP contribution < -0.4 is 5.73 Å². The van der Waals surface area contributed by atoms with Crippen LogP contribution in [0.5, 0.6) is 0 Å². The quantitative estimate of drug-likeness (QED) is 0.736. The lowest BCUT2D eigenvalue weighted by Gasteiger charge is -2.43. The van der Waals surface area contributed by atoms with Gasteiger partial charge >= 0.3 is 0 Å². The number of nitrogens with zero attached hydrogens (tertiary/aromatic N) is 1. The second-order valence-electron chi connectivity index (χ2n) is 5.45. The smallest absolute Gasteiger partial charge is 0.0569 e. The summed E-state index contributed by atoms with van der Waals surface area (Å²) in [6.45, 7) is 6.52. The second kappa shape index (κ2) is 5.45. The van der Waals surface area contributed by atoms with Crippen molar-refractivity contribution in [3.8, 4) is 0 Å². The van der Waals surface area contributed by atoms with Crippen molar-refractivity contribution in [2.45, 2.75) is 12.8 Å². The third kappa shape index (κ3) is 2.94. The van der Waals surface area contributed by atoms with Gasteiger partial charge in [0.25, 0.3) is 0 Å². The normalized spacial score (nSPS) is 25.7. The molecule has 0 aliphatic carbocycles. The lowest BCUT2D eigenvalue weighted by Crippen LogP contribution is -2.55. The first-order valence-corrected chi connectivity index (χ1v) is 6.28. The number of hydrogen-bond acceptors (Lipinski definition) is 4. The number of hydrogen-bond donors (Lipinski definition) is 1. The van der Waals surface area contributed by atoms with Crippen LogP contribution in [-0.2, 0) is 9.47 Å². The van der Waals surface area contributed by atoms with Gasteiger partial charge < -0.3 is 20.1 Å². The van der Waals surface area contributed by atoms with E-state index >= 15 is 0 Å². The van der Waals surface area contributed by atoms with Gasteiger partial charge in [0.05, 0.1) is 13.2 Å². The Hall–Kier alpha value is -0.160. The number of rotatable bonds is 5. The van der Waals surface area contributed by atoms with Gasteiger partial charge in [-0.2, -0.15) is 0 Å². The summed E-state index contributed by atoms with van der Waals surface area (Å²) in [5.41, 5.74) is 6.06. The van der Waals surface area contributed by atoms with Gasteiger partial charge in [-0.3, -0.25) is 0 Å². The van der Waals surface area contributed by atoms with Gasteiger partial charge in [0, 0.05) is 38.3 Å². The van der Waals surface area contributed by atoms with E-state index in [9.17, 15) is 0 Å². The zero-order chi connectivity index (χ0) is 11.4. The Morgan fingerprint density at radius 1 is 1.25 bits per heavy atom. The van der Waals surface area contributed by atoms with Crippen molar-refractivity contribution in [2.75, 3.05) is 53.1 Å². The molecular formula is C12H24N2O2. The van der Waals surface area contributed by atoms with Crippen molar-refractivity contribution in [3.63, 3.8) is 0 Å². The van der Waals surface area contributed by atoms with Crippen molar-refractivity contribution >= 4 is 0 Å². The topological polar surface area (TPSA) is 47.7 Å². The highest BCUT2D eigenvalue weighted by Crippen LogP contribution is 2.27. The summed E-state index contributed by atoms with van der Waals surface area (Å²) >= 11 is 0. The molecule has 2 heterocycles. The second-order valence-corrected chi connectivity index (χ2v) is 5.45. The molecule has 0 aromatic rings. The molecule has 0 radical (unpaired) electrons. The average molecular weight is 228 g/mol. The zero-order valence-corrected chi connectivity index (χ0v) is 10.3. The van der Waals surface area contributed by atoms with Crippen LogP contribution in [0.25, 0.3) is 0 Å². The largest absolute Gasteiger partial charge is 0.381 e. The highest BCUT2D eigenvalue weighted by Gasteiger charge is 2.38. The van der Waals surface area contributed by atoms with E-state index in [4.69, 9.17) is 15.2 Å². The Bertz CT molecular complexity index is 208. The lowest BCUT2D eigenvalue weighted by atomic mass is 9.85. The van der Waals surface area contributed by atoms with Crippen LogP contribution in [0, 0.1) is 11.3 Å². The molecule has 0 amide bonds. The minimum absolute atomic E-state index is 0.236. The van der Waals surface area contributed by atoms with Gasteiger partial charge in [0.2, 0.25) is 0 Å². The van der Waals surface area contributed by atoms with E-state index in [0.29, 0.717) is 0 Å². The SMILES string of the molecule is CN(CC1CCOCC1)CC1(CN)COC1. The molecule has 0 aromatic carbocycles. The highest BCUT2D eigenvalue weighted by atomic mass is 16.5. The van der Waals surface area contributed by atoms with Crippen LogP contribution in [0.4, 0.5) is 0 Å². The van der Waals surface area contributed by atoms with Crippen LogP contribution in [0.2, 0.25) is 0 Å².